The van der Waals surface area contributed by atoms with Gasteiger partial charge in [-0.05, 0) is 25.0 Å². The van der Waals surface area contributed by atoms with Crippen LogP contribution in [-0.4, -0.2) is 11.8 Å². The van der Waals surface area contributed by atoms with E-state index in [4.69, 9.17) is 4.74 Å². The third-order valence-corrected chi connectivity index (χ3v) is 4.07. The van der Waals surface area contributed by atoms with Crippen LogP contribution in [0.25, 0.3) is 0 Å². The number of unbranched alkanes of at least 4 members (excludes halogenated alkanes) is 3. The van der Waals surface area contributed by atoms with Crippen molar-refractivity contribution in [1.29, 1.82) is 0 Å². The normalized spacial score (nSPS) is 17.8. The van der Waals surface area contributed by atoms with Crippen LogP contribution in [0.2, 0.25) is 0 Å². The van der Waals surface area contributed by atoms with Crippen LogP contribution in [0.3, 0.4) is 0 Å². The standard InChI is InChI=1S/C20H24O3/c1-3-4-5-9-12-17(21)13-14-18-15(2)20(22)23-19(18)16-10-7-6-8-11-16/h6-8,10-11,13-14,19H,3-5,9,12H2,1-2H3/b14-13+. The van der Waals surface area contributed by atoms with Gasteiger partial charge in [0.1, 0.15) is 0 Å². The number of carbonyl (C=O) groups excluding carboxylic acids is 2. The third kappa shape index (κ3) is 4.65. The van der Waals surface area contributed by atoms with Crippen molar-refractivity contribution in [2.45, 2.75) is 52.1 Å². The van der Waals surface area contributed by atoms with Gasteiger partial charge < -0.3 is 4.74 Å². The number of benzene rings is 1. The molecule has 3 nitrogen and oxygen atoms in total. The number of hydrogen-bond acceptors (Lipinski definition) is 3. The van der Waals surface area contributed by atoms with Crippen LogP contribution < -0.4 is 0 Å². The summed E-state index contributed by atoms with van der Waals surface area (Å²) in [6.07, 6.45) is 7.83. The first-order chi connectivity index (χ1) is 11.1. The Bertz CT molecular complexity index is 611. The number of ketones is 1. The van der Waals surface area contributed by atoms with Gasteiger partial charge in [0.25, 0.3) is 0 Å². The monoisotopic (exact) mass is 312 g/mol. The SMILES string of the molecule is CCCCCCC(=O)/C=C/C1=C(C)C(=O)OC1c1ccccc1. The van der Waals surface area contributed by atoms with E-state index < -0.39 is 6.10 Å². The van der Waals surface area contributed by atoms with Crippen molar-refractivity contribution in [3.05, 3.63) is 59.2 Å². The van der Waals surface area contributed by atoms with Crippen LogP contribution in [-0.2, 0) is 14.3 Å². The average Bonchev–Trinajstić information content (AvgIpc) is 2.85. The topological polar surface area (TPSA) is 43.4 Å². The molecule has 0 aromatic heterocycles. The van der Waals surface area contributed by atoms with Gasteiger partial charge in [0, 0.05) is 17.6 Å². The zero-order valence-corrected chi connectivity index (χ0v) is 13.9. The van der Waals surface area contributed by atoms with Crippen molar-refractivity contribution in [2.75, 3.05) is 0 Å². The van der Waals surface area contributed by atoms with E-state index in [9.17, 15) is 9.59 Å². The second kappa shape index (κ2) is 8.47. The molecule has 2 rings (SSSR count). The van der Waals surface area contributed by atoms with E-state index in [2.05, 4.69) is 6.92 Å². The number of cyclic esters (lactones) is 1. The lowest BCUT2D eigenvalue weighted by Crippen LogP contribution is -2.02. The summed E-state index contributed by atoms with van der Waals surface area (Å²) in [5.41, 5.74) is 2.28. The number of hydrogen-bond donors (Lipinski definition) is 0. The van der Waals surface area contributed by atoms with E-state index in [-0.39, 0.29) is 11.8 Å². The van der Waals surface area contributed by atoms with E-state index >= 15 is 0 Å². The first-order valence-corrected chi connectivity index (χ1v) is 8.31. The number of ether oxygens (including phenoxy) is 1. The fraction of sp³-hybridized carbons (Fsp3) is 0.400. The maximum absolute atomic E-state index is 12.0. The van der Waals surface area contributed by atoms with E-state index in [1.807, 2.05) is 30.3 Å². The predicted octanol–water partition coefficient (Wildman–Crippen LogP) is 4.70. The summed E-state index contributed by atoms with van der Waals surface area (Å²) in [6.45, 7) is 3.90. The summed E-state index contributed by atoms with van der Waals surface area (Å²) >= 11 is 0. The maximum Gasteiger partial charge on any atom is 0.335 e. The maximum atomic E-state index is 12.0. The number of carbonyl (C=O) groups is 2. The quantitative estimate of drug-likeness (QED) is 0.397. The van der Waals surface area contributed by atoms with E-state index in [1.165, 1.54) is 6.42 Å². The lowest BCUT2D eigenvalue weighted by atomic mass is 9.98. The highest BCUT2D eigenvalue weighted by atomic mass is 16.5. The molecule has 0 aliphatic carbocycles. The molecule has 3 heteroatoms. The molecule has 1 heterocycles. The molecule has 23 heavy (non-hydrogen) atoms. The summed E-state index contributed by atoms with van der Waals surface area (Å²) in [5.74, 6) is -0.207. The molecular weight excluding hydrogens is 288 g/mol. The molecule has 0 N–H and O–H groups in total. The van der Waals surface area contributed by atoms with Gasteiger partial charge in [-0.25, -0.2) is 4.79 Å². The number of esters is 1. The van der Waals surface area contributed by atoms with Crippen molar-refractivity contribution in [1.82, 2.24) is 0 Å². The van der Waals surface area contributed by atoms with Crippen molar-refractivity contribution in [3.8, 4) is 0 Å². The largest absolute Gasteiger partial charge is 0.449 e. The van der Waals surface area contributed by atoms with Gasteiger partial charge in [-0.15, -0.1) is 0 Å². The van der Waals surface area contributed by atoms with Crippen molar-refractivity contribution in [3.63, 3.8) is 0 Å². The van der Waals surface area contributed by atoms with Gasteiger partial charge in [-0.2, -0.15) is 0 Å². The second-order valence-corrected chi connectivity index (χ2v) is 5.89. The molecule has 0 fully saturated rings. The van der Waals surface area contributed by atoms with Crippen LogP contribution in [0.4, 0.5) is 0 Å². The first-order valence-electron chi connectivity index (χ1n) is 8.31. The lowest BCUT2D eigenvalue weighted by molar-refractivity contribution is -0.139. The Morgan fingerprint density at radius 1 is 1.17 bits per heavy atom. The molecular formula is C20H24O3. The number of rotatable bonds is 8. The minimum absolute atomic E-state index is 0.104. The zero-order chi connectivity index (χ0) is 16.7. The third-order valence-electron chi connectivity index (χ3n) is 4.07. The Labute approximate surface area is 138 Å². The highest BCUT2D eigenvalue weighted by Crippen LogP contribution is 2.35. The number of allylic oxidation sites excluding steroid dienone is 1. The van der Waals surface area contributed by atoms with Gasteiger partial charge in [0.15, 0.2) is 11.9 Å². The van der Waals surface area contributed by atoms with E-state index in [0.717, 1.165) is 30.4 Å². The van der Waals surface area contributed by atoms with Crippen molar-refractivity contribution < 1.29 is 14.3 Å². The predicted molar refractivity (Wildman–Crippen MR) is 90.9 cm³/mol. The first kappa shape index (κ1) is 17.2. The van der Waals surface area contributed by atoms with Gasteiger partial charge in [-0.1, -0.05) is 62.6 Å². The van der Waals surface area contributed by atoms with Gasteiger partial charge in [-0.3, -0.25) is 4.79 Å². The highest BCUT2D eigenvalue weighted by Gasteiger charge is 2.30. The summed E-state index contributed by atoms with van der Waals surface area (Å²) < 4.78 is 5.44. The fourth-order valence-corrected chi connectivity index (χ4v) is 2.65. The smallest absolute Gasteiger partial charge is 0.335 e. The molecule has 1 aromatic rings. The molecule has 1 aromatic carbocycles. The summed E-state index contributed by atoms with van der Waals surface area (Å²) in [7, 11) is 0. The van der Waals surface area contributed by atoms with E-state index in [0.29, 0.717) is 12.0 Å². The fourth-order valence-electron chi connectivity index (χ4n) is 2.65. The Balaban J connectivity index is 2.04. The minimum Gasteiger partial charge on any atom is -0.449 e. The Kier molecular flexibility index (Phi) is 6.33. The molecule has 0 spiro atoms. The van der Waals surface area contributed by atoms with Crippen LogP contribution >= 0.6 is 0 Å². The second-order valence-electron chi connectivity index (χ2n) is 5.89. The van der Waals surface area contributed by atoms with Crippen LogP contribution in [0.5, 0.6) is 0 Å². The van der Waals surface area contributed by atoms with Crippen LogP contribution in [0.1, 0.15) is 57.6 Å². The summed E-state index contributed by atoms with van der Waals surface area (Å²) in [4.78, 5) is 23.8. The van der Waals surface area contributed by atoms with Gasteiger partial charge in [0.2, 0.25) is 0 Å². The Morgan fingerprint density at radius 3 is 2.61 bits per heavy atom. The van der Waals surface area contributed by atoms with Gasteiger partial charge >= 0.3 is 5.97 Å². The average molecular weight is 312 g/mol. The Morgan fingerprint density at radius 2 is 1.91 bits per heavy atom. The Hall–Kier alpha value is -2.16. The summed E-state index contributed by atoms with van der Waals surface area (Å²) in [6, 6.07) is 9.61. The molecule has 1 aliphatic rings. The van der Waals surface area contributed by atoms with E-state index in [1.54, 1.807) is 19.1 Å². The van der Waals surface area contributed by atoms with Crippen LogP contribution in [0, 0.1) is 0 Å². The minimum atomic E-state index is -0.409. The molecule has 0 saturated heterocycles. The molecule has 1 aliphatic heterocycles. The molecule has 1 unspecified atom stereocenters. The summed E-state index contributed by atoms with van der Waals surface area (Å²) in [5, 5.41) is 0. The van der Waals surface area contributed by atoms with Crippen molar-refractivity contribution in [2.24, 2.45) is 0 Å². The zero-order valence-electron chi connectivity index (χ0n) is 13.9. The molecule has 1 atom stereocenters. The molecule has 0 amide bonds. The molecule has 0 saturated carbocycles. The lowest BCUT2D eigenvalue weighted by Gasteiger charge is -2.12. The van der Waals surface area contributed by atoms with Crippen molar-refractivity contribution >= 4 is 11.8 Å². The van der Waals surface area contributed by atoms with Crippen LogP contribution in [0.15, 0.2) is 53.6 Å². The molecule has 122 valence electrons. The highest BCUT2D eigenvalue weighted by molar-refractivity contribution is 5.94. The molecule has 0 radical (unpaired) electrons. The van der Waals surface area contributed by atoms with Gasteiger partial charge in [0.05, 0.1) is 0 Å². The molecule has 0 bridgehead atoms.